The Bertz CT molecular complexity index is 889. The summed E-state index contributed by atoms with van der Waals surface area (Å²) in [5.74, 6) is -0.0371. The van der Waals surface area contributed by atoms with Gasteiger partial charge in [-0.05, 0) is 18.2 Å². The molecule has 0 saturated heterocycles. The van der Waals surface area contributed by atoms with Crippen LogP contribution in [0.5, 0.6) is 0 Å². The molecule has 0 spiro atoms. The molecule has 0 N–H and O–H groups in total. The van der Waals surface area contributed by atoms with E-state index in [1.165, 1.54) is 0 Å². The van der Waals surface area contributed by atoms with Crippen molar-refractivity contribution in [3.05, 3.63) is 60.0 Å². The molecular weight excluding hydrogens is 304 g/mol. The van der Waals surface area contributed by atoms with Gasteiger partial charge in [-0.3, -0.25) is 14.5 Å². The van der Waals surface area contributed by atoms with Gasteiger partial charge in [-0.1, -0.05) is 18.2 Å². The summed E-state index contributed by atoms with van der Waals surface area (Å²) in [5.41, 5.74) is 2.49. The topological polar surface area (TPSA) is 60.2 Å². The number of nitrogens with zero attached hydrogens (tertiary/aromatic N) is 4. The van der Waals surface area contributed by atoms with E-state index in [4.69, 9.17) is 4.74 Å². The van der Waals surface area contributed by atoms with E-state index in [0.29, 0.717) is 25.2 Å². The number of amides is 1. The third-order valence-corrected chi connectivity index (χ3v) is 4.42. The molecule has 1 aliphatic rings. The van der Waals surface area contributed by atoms with E-state index in [1.807, 2.05) is 41.1 Å². The highest BCUT2D eigenvalue weighted by molar-refractivity contribution is 5.97. The van der Waals surface area contributed by atoms with Crippen molar-refractivity contribution in [2.24, 2.45) is 0 Å². The maximum absolute atomic E-state index is 13.0. The van der Waals surface area contributed by atoms with E-state index in [-0.39, 0.29) is 12.0 Å². The number of carbonyl (C=O) groups excluding carboxylic acids is 1. The first kappa shape index (κ1) is 14.8. The molecule has 1 amide bonds. The van der Waals surface area contributed by atoms with Crippen molar-refractivity contribution < 1.29 is 9.53 Å². The van der Waals surface area contributed by atoms with E-state index in [2.05, 4.69) is 10.1 Å². The first-order valence-corrected chi connectivity index (χ1v) is 7.92. The molecule has 0 radical (unpaired) electrons. The van der Waals surface area contributed by atoms with Gasteiger partial charge in [-0.25, -0.2) is 0 Å². The summed E-state index contributed by atoms with van der Waals surface area (Å²) < 4.78 is 7.42. The highest BCUT2D eigenvalue weighted by atomic mass is 16.5. The lowest BCUT2D eigenvalue weighted by Crippen LogP contribution is -2.37. The molecule has 1 unspecified atom stereocenters. The molecule has 3 aromatic rings. The fourth-order valence-electron chi connectivity index (χ4n) is 3.09. The number of hydrogen-bond acceptors (Lipinski definition) is 4. The predicted octanol–water partition coefficient (Wildman–Crippen LogP) is 2.10. The van der Waals surface area contributed by atoms with E-state index in [0.717, 1.165) is 16.6 Å². The summed E-state index contributed by atoms with van der Waals surface area (Å²) in [7, 11) is 1.67. The molecule has 1 aliphatic heterocycles. The van der Waals surface area contributed by atoms with E-state index in [1.54, 1.807) is 24.4 Å². The molecule has 2 aromatic heterocycles. The molecule has 24 heavy (non-hydrogen) atoms. The van der Waals surface area contributed by atoms with Crippen molar-refractivity contribution in [1.29, 1.82) is 0 Å². The predicted molar refractivity (Wildman–Crippen MR) is 89.5 cm³/mol. The third kappa shape index (κ3) is 2.65. The van der Waals surface area contributed by atoms with Gasteiger partial charge in [0.1, 0.15) is 0 Å². The zero-order valence-corrected chi connectivity index (χ0v) is 13.4. The average Bonchev–Trinajstić information content (AvgIpc) is 2.98. The lowest BCUT2D eigenvalue weighted by molar-refractivity contribution is 0.0450. The summed E-state index contributed by atoms with van der Waals surface area (Å²) in [6.45, 7) is 1.70. The second-order valence-electron chi connectivity index (χ2n) is 5.96. The Morgan fingerprint density at radius 2 is 2.12 bits per heavy atom. The lowest BCUT2D eigenvalue weighted by atomic mass is 10.1. The molecule has 6 nitrogen and oxygen atoms in total. The summed E-state index contributed by atoms with van der Waals surface area (Å²) in [4.78, 5) is 19.2. The number of hydrogen-bond donors (Lipinski definition) is 0. The molecule has 1 aromatic carbocycles. The minimum Gasteiger partial charge on any atom is -0.378 e. The van der Waals surface area contributed by atoms with Crippen LogP contribution in [-0.4, -0.2) is 45.3 Å². The molecule has 0 aliphatic carbocycles. The van der Waals surface area contributed by atoms with Crippen molar-refractivity contribution in [2.45, 2.75) is 19.2 Å². The molecule has 0 saturated carbocycles. The summed E-state index contributed by atoms with van der Waals surface area (Å²) in [5, 5.41) is 5.27. The standard InChI is InChI=1S/C18H18N4O2/c1-24-16-11-21(10-15-6-7-20-22(15)12-16)18(23)14-8-13-4-2-3-5-17(13)19-9-14/h2-9,16H,10-12H2,1H3. The van der Waals surface area contributed by atoms with Crippen LogP contribution in [0.2, 0.25) is 0 Å². The Balaban J connectivity index is 1.66. The van der Waals surface area contributed by atoms with Gasteiger partial charge >= 0.3 is 0 Å². The number of ether oxygens (including phenoxy) is 1. The monoisotopic (exact) mass is 322 g/mol. The molecule has 6 heteroatoms. The van der Waals surface area contributed by atoms with Crippen LogP contribution in [0.25, 0.3) is 10.9 Å². The smallest absolute Gasteiger partial charge is 0.255 e. The number of aromatic nitrogens is 3. The summed E-state index contributed by atoms with van der Waals surface area (Å²) in [6.07, 6.45) is 3.32. The third-order valence-electron chi connectivity index (χ3n) is 4.42. The van der Waals surface area contributed by atoms with Crippen molar-refractivity contribution in [1.82, 2.24) is 19.7 Å². The SMILES string of the molecule is COC1CN(C(=O)c2cnc3ccccc3c2)Cc2ccnn2C1. The van der Waals surface area contributed by atoms with Crippen molar-refractivity contribution in [3.63, 3.8) is 0 Å². The minimum atomic E-state index is -0.0801. The fourth-order valence-corrected chi connectivity index (χ4v) is 3.09. The van der Waals surface area contributed by atoms with Crippen molar-refractivity contribution in [2.75, 3.05) is 13.7 Å². The second-order valence-corrected chi connectivity index (χ2v) is 5.96. The Kier molecular flexibility index (Phi) is 3.74. The average molecular weight is 322 g/mol. The molecule has 0 fully saturated rings. The van der Waals surface area contributed by atoms with E-state index < -0.39 is 0 Å². The van der Waals surface area contributed by atoms with Crippen LogP contribution in [0.1, 0.15) is 16.1 Å². The second kappa shape index (κ2) is 6.05. The molecule has 0 bridgehead atoms. The van der Waals surface area contributed by atoms with Crippen molar-refractivity contribution >= 4 is 16.8 Å². The normalized spacial score (nSPS) is 17.5. The molecule has 4 rings (SSSR count). The quantitative estimate of drug-likeness (QED) is 0.725. The van der Waals surface area contributed by atoms with Crippen LogP contribution in [-0.2, 0) is 17.8 Å². The number of pyridine rings is 1. The van der Waals surface area contributed by atoms with Crippen LogP contribution in [0.4, 0.5) is 0 Å². The Morgan fingerprint density at radius 3 is 3.00 bits per heavy atom. The fraction of sp³-hybridized carbons (Fsp3) is 0.278. The Labute approximate surface area is 139 Å². The molecule has 122 valence electrons. The van der Waals surface area contributed by atoms with Gasteiger partial charge < -0.3 is 9.64 Å². The van der Waals surface area contributed by atoms with Gasteiger partial charge in [-0.2, -0.15) is 5.10 Å². The Hall–Kier alpha value is -2.73. The van der Waals surface area contributed by atoms with Gasteiger partial charge in [-0.15, -0.1) is 0 Å². The number of carbonyl (C=O) groups is 1. The number of para-hydroxylation sites is 1. The van der Waals surface area contributed by atoms with Crippen LogP contribution in [0.3, 0.4) is 0 Å². The first-order valence-electron chi connectivity index (χ1n) is 7.92. The minimum absolute atomic E-state index is 0.0371. The van der Waals surface area contributed by atoms with Gasteiger partial charge in [0.15, 0.2) is 0 Å². The Morgan fingerprint density at radius 1 is 1.25 bits per heavy atom. The molecule has 3 heterocycles. The largest absolute Gasteiger partial charge is 0.378 e. The maximum atomic E-state index is 13.0. The first-order chi connectivity index (χ1) is 11.7. The number of methoxy groups -OCH3 is 1. The number of rotatable bonds is 2. The van der Waals surface area contributed by atoms with Gasteiger partial charge in [0.05, 0.1) is 36.0 Å². The van der Waals surface area contributed by atoms with Gasteiger partial charge in [0.2, 0.25) is 0 Å². The van der Waals surface area contributed by atoms with E-state index in [9.17, 15) is 4.79 Å². The summed E-state index contributed by atoms with van der Waals surface area (Å²) >= 11 is 0. The highest BCUT2D eigenvalue weighted by Crippen LogP contribution is 2.18. The number of benzene rings is 1. The van der Waals surface area contributed by atoms with Crippen LogP contribution in [0, 0.1) is 0 Å². The zero-order valence-electron chi connectivity index (χ0n) is 13.4. The zero-order chi connectivity index (χ0) is 16.5. The van der Waals surface area contributed by atoms with Crippen LogP contribution < -0.4 is 0 Å². The van der Waals surface area contributed by atoms with Gasteiger partial charge in [0.25, 0.3) is 5.91 Å². The number of fused-ring (bicyclic) bond motifs is 2. The van der Waals surface area contributed by atoms with E-state index >= 15 is 0 Å². The lowest BCUT2D eigenvalue weighted by Gasteiger charge is -2.23. The molecule has 1 atom stereocenters. The van der Waals surface area contributed by atoms with Gasteiger partial charge in [0, 0.05) is 31.4 Å². The van der Waals surface area contributed by atoms with Crippen LogP contribution >= 0.6 is 0 Å². The highest BCUT2D eigenvalue weighted by Gasteiger charge is 2.26. The maximum Gasteiger partial charge on any atom is 0.255 e. The summed E-state index contributed by atoms with van der Waals surface area (Å²) in [6, 6.07) is 11.6. The van der Waals surface area contributed by atoms with Crippen molar-refractivity contribution in [3.8, 4) is 0 Å². The molecular formula is C18H18N4O2. The van der Waals surface area contributed by atoms with Crippen LogP contribution in [0.15, 0.2) is 48.8 Å².